The molecule has 1 aromatic carbocycles. The summed E-state index contributed by atoms with van der Waals surface area (Å²) in [6.07, 6.45) is -0.707. The van der Waals surface area contributed by atoms with Crippen LogP contribution in [0.2, 0.25) is 5.02 Å². The number of fused-ring (bicyclic) bond motifs is 1. The fraction of sp³-hybridized carbons (Fsp3) is 0.500. The molecule has 198 valence electrons. The summed E-state index contributed by atoms with van der Waals surface area (Å²) in [5.74, 6) is -0.962. The summed E-state index contributed by atoms with van der Waals surface area (Å²) in [6.45, 7) is 4.28. The molecule has 0 aliphatic carbocycles. The van der Waals surface area contributed by atoms with Gasteiger partial charge in [0, 0.05) is 19.1 Å². The summed E-state index contributed by atoms with van der Waals surface area (Å²) in [6, 6.07) is 1.61. The molecular weight excluding hydrogens is 516 g/mol. The lowest BCUT2D eigenvalue weighted by atomic mass is 9.98. The third kappa shape index (κ3) is 4.72. The molecule has 4 heterocycles. The van der Waals surface area contributed by atoms with Gasteiger partial charge in [-0.05, 0) is 50.8 Å². The molecule has 0 N–H and O–H groups in total. The molecule has 2 aromatic heterocycles. The predicted molar refractivity (Wildman–Crippen MR) is 127 cm³/mol. The number of hydrogen-bond donors (Lipinski definition) is 0. The van der Waals surface area contributed by atoms with Gasteiger partial charge < -0.3 is 9.64 Å². The molecular formula is C24H25ClF4N6O2. The van der Waals surface area contributed by atoms with Crippen LogP contribution in [-0.4, -0.2) is 37.4 Å². The first kappa shape index (κ1) is 25.7. The summed E-state index contributed by atoms with van der Waals surface area (Å²) < 4.78 is 62.8. The first-order valence-electron chi connectivity index (χ1n) is 12.0. The van der Waals surface area contributed by atoms with Crippen molar-refractivity contribution >= 4 is 17.3 Å². The van der Waals surface area contributed by atoms with Crippen LogP contribution in [0, 0.1) is 5.82 Å². The van der Waals surface area contributed by atoms with Crippen LogP contribution in [0.1, 0.15) is 67.9 Å². The normalized spacial score (nSPS) is 21.1. The Labute approximate surface area is 214 Å². The number of ether oxygens (including phenoxy) is 1. The van der Waals surface area contributed by atoms with E-state index in [-0.39, 0.29) is 23.2 Å². The van der Waals surface area contributed by atoms with Crippen molar-refractivity contribution in [1.29, 1.82) is 0 Å². The standard InChI is InChI=1S/C24H25ClF4N6O2/c1-13-9-19-18(31-32-34(19)14(2)16-7-6-15(26)10-17(16)24(27,28)29)12-33(13)20-11-30-35(23(36)22(20)25)21-5-3-4-8-37-21/h6-7,10-11,13-14,21H,3-5,8-9,12H2,1-2H3/t13-,14?,21?/m1/s1. The van der Waals surface area contributed by atoms with Crippen molar-refractivity contribution in [3.8, 4) is 0 Å². The summed E-state index contributed by atoms with van der Waals surface area (Å²) in [7, 11) is 0. The summed E-state index contributed by atoms with van der Waals surface area (Å²) in [5, 5.41) is 12.7. The highest BCUT2D eigenvalue weighted by atomic mass is 35.5. The highest BCUT2D eigenvalue weighted by Crippen LogP contribution is 2.38. The van der Waals surface area contributed by atoms with Gasteiger partial charge in [0.25, 0.3) is 5.56 Å². The minimum absolute atomic E-state index is 0.0152. The van der Waals surface area contributed by atoms with Gasteiger partial charge in [-0.1, -0.05) is 22.9 Å². The number of alkyl halides is 3. The molecule has 0 saturated carbocycles. The zero-order chi connectivity index (χ0) is 26.5. The Kier molecular flexibility index (Phi) is 6.73. The fourth-order valence-electron chi connectivity index (χ4n) is 5.05. The number of aromatic nitrogens is 5. The zero-order valence-electron chi connectivity index (χ0n) is 20.2. The molecule has 37 heavy (non-hydrogen) atoms. The van der Waals surface area contributed by atoms with E-state index >= 15 is 0 Å². The van der Waals surface area contributed by atoms with E-state index in [0.29, 0.717) is 42.6 Å². The van der Waals surface area contributed by atoms with Crippen LogP contribution in [0.25, 0.3) is 0 Å². The minimum Gasteiger partial charge on any atom is -0.360 e. The molecule has 3 aromatic rings. The van der Waals surface area contributed by atoms with Gasteiger partial charge >= 0.3 is 6.18 Å². The van der Waals surface area contributed by atoms with Gasteiger partial charge in [-0.2, -0.15) is 23.0 Å². The second-order valence-electron chi connectivity index (χ2n) is 9.43. The van der Waals surface area contributed by atoms with E-state index in [1.807, 2.05) is 11.8 Å². The van der Waals surface area contributed by atoms with E-state index in [1.54, 1.807) is 6.92 Å². The highest BCUT2D eigenvalue weighted by molar-refractivity contribution is 6.33. The lowest BCUT2D eigenvalue weighted by Gasteiger charge is -2.35. The molecule has 0 bridgehead atoms. The Morgan fingerprint density at radius 2 is 2.03 bits per heavy atom. The van der Waals surface area contributed by atoms with Gasteiger partial charge in [0.15, 0.2) is 6.23 Å². The molecule has 2 unspecified atom stereocenters. The zero-order valence-corrected chi connectivity index (χ0v) is 20.9. The van der Waals surface area contributed by atoms with E-state index in [4.69, 9.17) is 16.3 Å². The average Bonchev–Trinajstić information content (AvgIpc) is 3.27. The Morgan fingerprint density at radius 1 is 1.24 bits per heavy atom. The summed E-state index contributed by atoms with van der Waals surface area (Å²) >= 11 is 6.50. The van der Waals surface area contributed by atoms with Crippen molar-refractivity contribution in [2.24, 2.45) is 0 Å². The Bertz CT molecular complexity index is 1370. The fourth-order valence-corrected chi connectivity index (χ4v) is 5.29. The van der Waals surface area contributed by atoms with Crippen molar-refractivity contribution in [2.45, 2.75) is 70.6 Å². The lowest BCUT2D eigenvalue weighted by Crippen LogP contribution is -2.41. The van der Waals surface area contributed by atoms with E-state index in [9.17, 15) is 22.4 Å². The van der Waals surface area contributed by atoms with Crippen molar-refractivity contribution in [3.63, 3.8) is 0 Å². The maximum atomic E-state index is 13.6. The smallest absolute Gasteiger partial charge is 0.360 e. The quantitative estimate of drug-likeness (QED) is 0.438. The van der Waals surface area contributed by atoms with Gasteiger partial charge in [0.1, 0.15) is 16.5 Å². The van der Waals surface area contributed by atoms with E-state index in [1.165, 1.54) is 15.6 Å². The van der Waals surface area contributed by atoms with E-state index in [2.05, 4.69) is 15.4 Å². The van der Waals surface area contributed by atoms with Gasteiger partial charge in [0.05, 0.1) is 35.7 Å². The molecule has 0 radical (unpaired) electrons. The Balaban J connectivity index is 1.44. The SMILES string of the molecule is CC(c1ccc(F)cc1C(F)(F)F)n1nnc2c1C[C@@H](C)N(c1cnn(C3CCCCO3)c(=O)c1Cl)C2. The maximum absolute atomic E-state index is 13.6. The third-order valence-corrected chi connectivity index (χ3v) is 7.37. The number of rotatable bonds is 4. The minimum atomic E-state index is -4.72. The molecule has 2 aliphatic heterocycles. The van der Waals surface area contributed by atoms with Gasteiger partial charge in [-0.25, -0.2) is 9.07 Å². The molecule has 5 rings (SSSR count). The summed E-state index contributed by atoms with van der Waals surface area (Å²) in [4.78, 5) is 14.9. The van der Waals surface area contributed by atoms with Crippen LogP contribution in [0.3, 0.4) is 0 Å². The second-order valence-corrected chi connectivity index (χ2v) is 9.81. The first-order valence-corrected chi connectivity index (χ1v) is 12.4. The number of nitrogens with zero attached hydrogens (tertiary/aromatic N) is 6. The van der Waals surface area contributed by atoms with Crippen LogP contribution in [0.15, 0.2) is 29.2 Å². The molecule has 1 fully saturated rings. The number of anilines is 1. The molecule has 2 aliphatic rings. The number of halogens is 5. The van der Waals surface area contributed by atoms with Crippen LogP contribution in [0.4, 0.5) is 23.2 Å². The van der Waals surface area contributed by atoms with Crippen molar-refractivity contribution in [2.75, 3.05) is 11.5 Å². The topological polar surface area (TPSA) is 78.1 Å². The maximum Gasteiger partial charge on any atom is 0.416 e. The molecule has 0 spiro atoms. The van der Waals surface area contributed by atoms with E-state index in [0.717, 1.165) is 25.0 Å². The highest BCUT2D eigenvalue weighted by Gasteiger charge is 2.37. The predicted octanol–water partition coefficient (Wildman–Crippen LogP) is 4.91. The summed E-state index contributed by atoms with van der Waals surface area (Å²) in [5.41, 5.74) is 0.0699. The average molecular weight is 541 g/mol. The van der Waals surface area contributed by atoms with E-state index < -0.39 is 35.4 Å². The molecule has 8 nitrogen and oxygen atoms in total. The van der Waals surface area contributed by atoms with Crippen LogP contribution < -0.4 is 10.5 Å². The third-order valence-electron chi connectivity index (χ3n) is 7.01. The van der Waals surface area contributed by atoms with Crippen molar-refractivity contribution in [1.82, 2.24) is 24.8 Å². The van der Waals surface area contributed by atoms with Crippen LogP contribution >= 0.6 is 11.6 Å². The molecule has 3 atom stereocenters. The van der Waals surface area contributed by atoms with Gasteiger partial charge in [-0.3, -0.25) is 4.79 Å². The van der Waals surface area contributed by atoms with Crippen LogP contribution in [0.5, 0.6) is 0 Å². The lowest BCUT2D eigenvalue weighted by molar-refractivity contribution is -0.138. The second kappa shape index (κ2) is 9.71. The molecule has 13 heteroatoms. The Morgan fingerprint density at radius 3 is 2.73 bits per heavy atom. The number of benzene rings is 1. The first-order chi connectivity index (χ1) is 17.6. The van der Waals surface area contributed by atoms with Crippen LogP contribution in [-0.2, 0) is 23.9 Å². The largest absolute Gasteiger partial charge is 0.416 e. The van der Waals surface area contributed by atoms with Crippen molar-refractivity contribution in [3.05, 3.63) is 68.1 Å². The van der Waals surface area contributed by atoms with Crippen molar-refractivity contribution < 1.29 is 22.3 Å². The number of hydrogen-bond acceptors (Lipinski definition) is 6. The van der Waals surface area contributed by atoms with Gasteiger partial charge in [0.2, 0.25) is 0 Å². The Hall–Kier alpha value is -2.99. The monoisotopic (exact) mass is 540 g/mol. The van der Waals surface area contributed by atoms with Gasteiger partial charge in [-0.15, -0.1) is 5.10 Å². The molecule has 1 saturated heterocycles. The molecule has 0 amide bonds.